The molecular weight excluding hydrogens is 448 g/mol. The third-order valence-corrected chi connectivity index (χ3v) is 5.01. The van der Waals surface area contributed by atoms with Crippen LogP contribution < -0.4 is 14.9 Å². The van der Waals surface area contributed by atoms with E-state index in [0.29, 0.717) is 34.8 Å². The van der Waals surface area contributed by atoms with Gasteiger partial charge in [0.15, 0.2) is 23.7 Å². The largest absolute Gasteiger partial charge is 0.490 e. The number of hydrogen-bond acceptors (Lipinski definition) is 7. The molecule has 0 fully saturated rings. The number of aliphatic hydroxyl groups is 1. The molecule has 1 amide bonds. The molecule has 8 nitrogen and oxygen atoms in total. The summed E-state index contributed by atoms with van der Waals surface area (Å²) in [7, 11) is 0. The van der Waals surface area contributed by atoms with Crippen molar-refractivity contribution in [2.75, 3.05) is 19.8 Å². The fourth-order valence-electron chi connectivity index (χ4n) is 3.37. The van der Waals surface area contributed by atoms with Gasteiger partial charge in [-0.15, -0.1) is 0 Å². The van der Waals surface area contributed by atoms with E-state index in [-0.39, 0.29) is 13.2 Å². The van der Waals surface area contributed by atoms with Crippen LogP contribution in [-0.2, 0) is 19.9 Å². The van der Waals surface area contributed by atoms with E-state index in [2.05, 4.69) is 10.5 Å². The highest BCUT2D eigenvalue weighted by atomic mass is 16.6. The minimum absolute atomic E-state index is 0.241. The van der Waals surface area contributed by atoms with Crippen LogP contribution >= 0.6 is 0 Å². The van der Waals surface area contributed by atoms with Crippen molar-refractivity contribution in [3.8, 4) is 11.5 Å². The predicted molar refractivity (Wildman–Crippen MR) is 131 cm³/mol. The molecule has 0 aliphatic rings. The summed E-state index contributed by atoms with van der Waals surface area (Å²) in [4.78, 5) is 24.7. The molecule has 3 rings (SSSR count). The molecule has 0 aliphatic carbocycles. The maximum absolute atomic E-state index is 13.1. The molecule has 3 aromatic rings. The zero-order chi connectivity index (χ0) is 25.1. The Morgan fingerprint density at radius 3 is 2.09 bits per heavy atom. The van der Waals surface area contributed by atoms with Gasteiger partial charge in [-0.2, -0.15) is 5.10 Å². The fourth-order valence-corrected chi connectivity index (χ4v) is 3.37. The van der Waals surface area contributed by atoms with Crippen LogP contribution in [0.15, 0.2) is 84.0 Å². The molecule has 182 valence electrons. The number of ether oxygens (including phenoxy) is 3. The van der Waals surface area contributed by atoms with Gasteiger partial charge in [-0.05, 0) is 48.7 Å². The van der Waals surface area contributed by atoms with E-state index in [4.69, 9.17) is 14.2 Å². The van der Waals surface area contributed by atoms with E-state index in [1.165, 1.54) is 6.21 Å². The van der Waals surface area contributed by atoms with Crippen molar-refractivity contribution in [2.45, 2.75) is 19.4 Å². The minimum Gasteiger partial charge on any atom is -0.490 e. The molecule has 0 saturated carbocycles. The lowest BCUT2D eigenvalue weighted by molar-refractivity contribution is -0.145. The van der Waals surface area contributed by atoms with Crippen molar-refractivity contribution in [2.24, 2.45) is 5.10 Å². The lowest BCUT2D eigenvalue weighted by Gasteiger charge is -2.27. The van der Waals surface area contributed by atoms with Crippen molar-refractivity contribution in [3.05, 3.63) is 95.6 Å². The Kier molecular flexibility index (Phi) is 8.97. The molecule has 8 heteroatoms. The van der Waals surface area contributed by atoms with E-state index in [1.807, 2.05) is 6.92 Å². The van der Waals surface area contributed by atoms with E-state index in [1.54, 1.807) is 85.8 Å². The van der Waals surface area contributed by atoms with Crippen LogP contribution in [0.5, 0.6) is 11.5 Å². The number of carbonyl (C=O) groups is 2. The van der Waals surface area contributed by atoms with Crippen LogP contribution in [0.2, 0.25) is 0 Å². The molecule has 0 spiro atoms. The molecule has 0 radical (unpaired) electrons. The van der Waals surface area contributed by atoms with Gasteiger partial charge in [0.25, 0.3) is 5.91 Å². The molecule has 35 heavy (non-hydrogen) atoms. The number of hydrogen-bond donors (Lipinski definition) is 2. The summed E-state index contributed by atoms with van der Waals surface area (Å²) >= 11 is 0. The van der Waals surface area contributed by atoms with Gasteiger partial charge in [0.1, 0.15) is 0 Å². The number of amides is 1. The van der Waals surface area contributed by atoms with E-state index < -0.39 is 17.5 Å². The van der Waals surface area contributed by atoms with E-state index in [0.717, 1.165) is 0 Å². The average molecular weight is 477 g/mol. The molecular formula is C27H28N2O6. The van der Waals surface area contributed by atoms with Crippen molar-refractivity contribution >= 4 is 18.1 Å². The average Bonchev–Trinajstić information content (AvgIpc) is 2.89. The topological polar surface area (TPSA) is 106 Å². The fraction of sp³-hybridized carbons (Fsp3) is 0.222. The Morgan fingerprint density at radius 1 is 0.886 bits per heavy atom. The maximum atomic E-state index is 13.1. The van der Waals surface area contributed by atoms with Crippen LogP contribution in [0, 0.1) is 0 Å². The monoisotopic (exact) mass is 476 g/mol. The van der Waals surface area contributed by atoms with Gasteiger partial charge in [-0.1, -0.05) is 60.7 Å². The summed E-state index contributed by atoms with van der Waals surface area (Å²) < 4.78 is 16.0. The summed E-state index contributed by atoms with van der Waals surface area (Å²) in [6.07, 6.45) is 1.42. The molecule has 3 aromatic carbocycles. The van der Waals surface area contributed by atoms with Crippen molar-refractivity contribution < 1.29 is 28.9 Å². The second-order valence-electron chi connectivity index (χ2n) is 7.37. The van der Waals surface area contributed by atoms with Gasteiger partial charge in [0.05, 0.1) is 19.4 Å². The van der Waals surface area contributed by atoms with Crippen LogP contribution in [0.4, 0.5) is 0 Å². The van der Waals surface area contributed by atoms with Gasteiger partial charge in [-0.3, -0.25) is 4.79 Å². The molecule has 0 heterocycles. The first kappa shape index (κ1) is 25.5. The Labute approximate surface area is 204 Å². The normalized spacial score (nSPS) is 11.2. The Bertz CT molecular complexity index is 1110. The first-order valence-corrected chi connectivity index (χ1v) is 11.2. The lowest BCUT2D eigenvalue weighted by Crippen LogP contribution is -2.43. The van der Waals surface area contributed by atoms with Crippen LogP contribution in [0.25, 0.3) is 0 Å². The Balaban J connectivity index is 1.77. The van der Waals surface area contributed by atoms with Gasteiger partial charge < -0.3 is 19.3 Å². The van der Waals surface area contributed by atoms with E-state index in [9.17, 15) is 14.7 Å². The summed E-state index contributed by atoms with van der Waals surface area (Å²) in [5.41, 5.74) is 1.95. The number of nitrogens with one attached hydrogen (secondary N) is 1. The number of carbonyl (C=O) groups excluding carboxylic acids is 2. The maximum Gasteiger partial charge on any atom is 0.344 e. The van der Waals surface area contributed by atoms with Crippen LogP contribution in [-0.4, -0.2) is 43.0 Å². The first-order valence-electron chi connectivity index (χ1n) is 11.2. The second-order valence-corrected chi connectivity index (χ2v) is 7.37. The molecule has 0 aliphatic heterocycles. The Morgan fingerprint density at radius 2 is 1.51 bits per heavy atom. The van der Waals surface area contributed by atoms with Gasteiger partial charge in [0.2, 0.25) is 0 Å². The van der Waals surface area contributed by atoms with Crippen LogP contribution in [0.1, 0.15) is 30.5 Å². The van der Waals surface area contributed by atoms with Gasteiger partial charge in [0, 0.05) is 0 Å². The summed E-state index contributed by atoms with van der Waals surface area (Å²) in [5, 5.41) is 15.5. The molecule has 2 N–H and O–H groups in total. The number of esters is 1. The van der Waals surface area contributed by atoms with Crippen molar-refractivity contribution in [1.29, 1.82) is 0 Å². The summed E-state index contributed by atoms with van der Waals surface area (Å²) in [6, 6.07) is 22.3. The van der Waals surface area contributed by atoms with Crippen LogP contribution in [0.3, 0.4) is 0 Å². The highest BCUT2D eigenvalue weighted by molar-refractivity contribution is 5.91. The predicted octanol–water partition coefficient (Wildman–Crippen LogP) is 3.41. The summed E-state index contributed by atoms with van der Waals surface area (Å²) in [5.74, 6) is -0.390. The number of benzene rings is 3. The van der Waals surface area contributed by atoms with Gasteiger partial charge in [-0.25, -0.2) is 10.2 Å². The minimum atomic E-state index is -1.93. The standard InChI is InChI=1S/C27H28N2O6/c1-3-33-24-17-20(15-16-23(24)35-19-25(30)34-4-2)18-28-29-26(31)27(32,21-11-7-5-8-12-21)22-13-9-6-10-14-22/h5-18,32H,3-4,19H2,1-2H3,(H,29,31)/b28-18-. The molecule has 0 atom stereocenters. The molecule has 0 aromatic heterocycles. The zero-order valence-corrected chi connectivity index (χ0v) is 19.6. The van der Waals surface area contributed by atoms with Crippen molar-refractivity contribution in [1.82, 2.24) is 5.43 Å². The third kappa shape index (κ3) is 6.45. The highest BCUT2D eigenvalue weighted by Gasteiger charge is 2.39. The quantitative estimate of drug-likeness (QED) is 0.250. The lowest BCUT2D eigenvalue weighted by atomic mass is 9.85. The molecule has 0 bridgehead atoms. The molecule has 0 unspecified atom stereocenters. The smallest absolute Gasteiger partial charge is 0.344 e. The SMILES string of the molecule is CCOC(=O)COc1ccc(/C=N\NC(=O)C(O)(c2ccccc2)c2ccccc2)cc1OCC. The summed E-state index contributed by atoms with van der Waals surface area (Å²) in [6.45, 7) is 3.95. The number of nitrogens with zero attached hydrogens (tertiary/aromatic N) is 1. The second kappa shape index (κ2) is 12.3. The van der Waals surface area contributed by atoms with Crippen molar-refractivity contribution in [3.63, 3.8) is 0 Å². The number of rotatable bonds is 11. The zero-order valence-electron chi connectivity index (χ0n) is 19.6. The number of hydrazone groups is 1. The molecule has 0 saturated heterocycles. The van der Waals surface area contributed by atoms with Gasteiger partial charge >= 0.3 is 5.97 Å². The van der Waals surface area contributed by atoms with E-state index >= 15 is 0 Å². The Hall–Kier alpha value is -4.17. The first-order chi connectivity index (χ1) is 17.0. The highest BCUT2D eigenvalue weighted by Crippen LogP contribution is 2.30. The third-order valence-electron chi connectivity index (χ3n) is 5.01.